The molecule has 1 heterocycles. The zero-order valence-corrected chi connectivity index (χ0v) is 7.99. The fourth-order valence-electron chi connectivity index (χ4n) is 0.538. The third-order valence-electron chi connectivity index (χ3n) is 1.02. The van der Waals surface area contributed by atoms with Crippen molar-refractivity contribution >= 4 is 23.5 Å². The summed E-state index contributed by atoms with van der Waals surface area (Å²) in [5.74, 6) is 1.15. The second kappa shape index (κ2) is 5.43. The standard InChI is InChI=1S/C7H10N2S2/c1-2-10-6-11-7-8-4-3-5-9-7/h3-5H,2,6H2,1H3. The predicted octanol–water partition coefficient (Wildman–Crippen LogP) is 2.28. The van der Waals surface area contributed by atoms with Crippen LogP contribution < -0.4 is 0 Å². The van der Waals surface area contributed by atoms with Gasteiger partial charge in [-0.15, -0.1) is 0 Å². The average Bonchev–Trinajstić information content (AvgIpc) is 2.07. The molecule has 0 fully saturated rings. The van der Waals surface area contributed by atoms with E-state index in [9.17, 15) is 0 Å². The van der Waals surface area contributed by atoms with E-state index in [2.05, 4.69) is 16.9 Å². The molecule has 1 rings (SSSR count). The molecule has 2 nitrogen and oxygen atoms in total. The van der Waals surface area contributed by atoms with Crippen molar-refractivity contribution in [3.8, 4) is 0 Å². The van der Waals surface area contributed by atoms with Gasteiger partial charge in [0.25, 0.3) is 0 Å². The van der Waals surface area contributed by atoms with Crippen LogP contribution in [0.3, 0.4) is 0 Å². The summed E-state index contributed by atoms with van der Waals surface area (Å²) >= 11 is 3.57. The van der Waals surface area contributed by atoms with Crippen molar-refractivity contribution in [2.75, 3.05) is 10.8 Å². The maximum Gasteiger partial charge on any atom is 0.188 e. The Hall–Kier alpha value is -0.220. The Morgan fingerprint density at radius 2 is 2.09 bits per heavy atom. The van der Waals surface area contributed by atoms with Crippen molar-refractivity contribution in [1.29, 1.82) is 0 Å². The van der Waals surface area contributed by atoms with E-state index in [0.717, 1.165) is 16.0 Å². The van der Waals surface area contributed by atoms with Crippen LogP contribution in [0.25, 0.3) is 0 Å². The summed E-state index contributed by atoms with van der Waals surface area (Å²) in [5, 5.41) is 1.91. The van der Waals surface area contributed by atoms with Crippen molar-refractivity contribution in [1.82, 2.24) is 9.97 Å². The number of thioether (sulfide) groups is 2. The lowest BCUT2D eigenvalue weighted by atomic mass is 10.7. The van der Waals surface area contributed by atoms with E-state index >= 15 is 0 Å². The van der Waals surface area contributed by atoms with Crippen LogP contribution >= 0.6 is 23.5 Å². The molecule has 0 unspecified atom stereocenters. The molecule has 0 amide bonds. The Labute approximate surface area is 75.2 Å². The lowest BCUT2D eigenvalue weighted by Gasteiger charge is -1.95. The molecule has 0 bridgehead atoms. The normalized spacial score (nSPS) is 9.91. The molecule has 0 aliphatic heterocycles. The molecule has 0 atom stereocenters. The number of hydrogen-bond donors (Lipinski definition) is 0. The highest BCUT2D eigenvalue weighted by Crippen LogP contribution is 2.17. The van der Waals surface area contributed by atoms with Gasteiger partial charge < -0.3 is 0 Å². The minimum atomic E-state index is 0.869. The van der Waals surface area contributed by atoms with E-state index in [0.29, 0.717) is 0 Å². The molecule has 0 aliphatic carbocycles. The van der Waals surface area contributed by atoms with Gasteiger partial charge in [-0.25, -0.2) is 9.97 Å². The van der Waals surface area contributed by atoms with Gasteiger partial charge in [-0.3, -0.25) is 0 Å². The van der Waals surface area contributed by atoms with Crippen LogP contribution in [0.5, 0.6) is 0 Å². The SMILES string of the molecule is CCSCSc1ncccn1. The Morgan fingerprint density at radius 3 is 2.73 bits per heavy atom. The van der Waals surface area contributed by atoms with Crippen LogP contribution in [0.4, 0.5) is 0 Å². The van der Waals surface area contributed by atoms with Gasteiger partial charge in [-0.05, 0) is 11.8 Å². The van der Waals surface area contributed by atoms with Crippen LogP contribution in [-0.2, 0) is 0 Å². The minimum Gasteiger partial charge on any atom is -0.231 e. The molecule has 4 heteroatoms. The van der Waals surface area contributed by atoms with E-state index in [1.807, 2.05) is 17.8 Å². The van der Waals surface area contributed by atoms with E-state index in [1.54, 1.807) is 24.2 Å². The summed E-state index contributed by atoms with van der Waals surface area (Å²) in [6, 6.07) is 1.83. The maximum atomic E-state index is 4.09. The molecule has 60 valence electrons. The number of aromatic nitrogens is 2. The van der Waals surface area contributed by atoms with Gasteiger partial charge in [0.15, 0.2) is 5.16 Å². The third kappa shape index (κ3) is 3.62. The van der Waals surface area contributed by atoms with Crippen LogP contribution in [0, 0.1) is 0 Å². The predicted molar refractivity (Wildman–Crippen MR) is 50.9 cm³/mol. The van der Waals surface area contributed by atoms with Crippen molar-refractivity contribution in [3.63, 3.8) is 0 Å². The summed E-state index contributed by atoms with van der Waals surface area (Å²) in [6.07, 6.45) is 3.54. The molecule has 0 aliphatic rings. The number of hydrogen-bond acceptors (Lipinski definition) is 4. The van der Waals surface area contributed by atoms with Crippen molar-refractivity contribution in [2.24, 2.45) is 0 Å². The van der Waals surface area contributed by atoms with Crippen molar-refractivity contribution in [3.05, 3.63) is 18.5 Å². The van der Waals surface area contributed by atoms with Crippen molar-refractivity contribution in [2.45, 2.75) is 12.1 Å². The molecular weight excluding hydrogens is 176 g/mol. The first kappa shape index (κ1) is 8.87. The highest BCUT2D eigenvalue weighted by molar-refractivity contribution is 8.15. The lowest BCUT2D eigenvalue weighted by molar-refractivity contribution is 0.970. The molecule has 0 saturated heterocycles. The third-order valence-corrected chi connectivity index (χ3v) is 3.03. The summed E-state index contributed by atoms with van der Waals surface area (Å²) < 4.78 is 0. The van der Waals surface area contributed by atoms with E-state index in [4.69, 9.17) is 0 Å². The summed E-state index contributed by atoms with van der Waals surface area (Å²) in [7, 11) is 0. The zero-order chi connectivity index (χ0) is 7.94. The first-order chi connectivity index (χ1) is 5.43. The molecule has 0 aromatic carbocycles. The van der Waals surface area contributed by atoms with Gasteiger partial charge in [-0.2, -0.15) is 11.8 Å². The molecule has 0 spiro atoms. The van der Waals surface area contributed by atoms with Gasteiger partial charge in [0.2, 0.25) is 0 Å². The molecule has 1 aromatic rings. The number of nitrogens with zero attached hydrogens (tertiary/aromatic N) is 2. The van der Waals surface area contributed by atoms with Crippen LogP contribution in [0.15, 0.2) is 23.6 Å². The quantitative estimate of drug-likeness (QED) is 0.312. The van der Waals surface area contributed by atoms with Gasteiger partial charge in [-0.1, -0.05) is 18.7 Å². The Kier molecular flexibility index (Phi) is 4.38. The first-order valence-corrected chi connectivity index (χ1v) is 5.55. The largest absolute Gasteiger partial charge is 0.231 e. The van der Waals surface area contributed by atoms with Gasteiger partial charge >= 0.3 is 0 Å². The fourth-order valence-corrected chi connectivity index (χ4v) is 2.23. The minimum absolute atomic E-state index is 0.869. The van der Waals surface area contributed by atoms with Crippen LogP contribution in [0.2, 0.25) is 0 Å². The second-order valence-electron chi connectivity index (χ2n) is 1.79. The molecule has 0 saturated carbocycles. The van der Waals surface area contributed by atoms with E-state index in [1.165, 1.54) is 0 Å². The van der Waals surface area contributed by atoms with E-state index < -0.39 is 0 Å². The van der Waals surface area contributed by atoms with Crippen LogP contribution in [-0.4, -0.2) is 20.8 Å². The molecule has 0 N–H and O–H groups in total. The number of rotatable bonds is 4. The topological polar surface area (TPSA) is 25.8 Å². The summed E-state index contributed by atoms with van der Waals surface area (Å²) in [5.41, 5.74) is 0. The molecule has 1 aromatic heterocycles. The molecule has 11 heavy (non-hydrogen) atoms. The zero-order valence-electron chi connectivity index (χ0n) is 6.36. The Bertz CT molecular complexity index is 191. The smallest absolute Gasteiger partial charge is 0.188 e. The van der Waals surface area contributed by atoms with Gasteiger partial charge in [0.05, 0.1) is 0 Å². The average molecular weight is 186 g/mol. The van der Waals surface area contributed by atoms with E-state index in [-0.39, 0.29) is 0 Å². The monoisotopic (exact) mass is 186 g/mol. The van der Waals surface area contributed by atoms with Crippen molar-refractivity contribution < 1.29 is 0 Å². The van der Waals surface area contributed by atoms with Crippen LogP contribution in [0.1, 0.15) is 6.92 Å². The Balaban J connectivity index is 2.28. The fraction of sp³-hybridized carbons (Fsp3) is 0.429. The second-order valence-corrected chi connectivity index (χ2v) is 4.37. The highest BCUT2D eigenvalue weighted by atomic mass is 32.2. The summed E-state index contributed by atoms with van der Waals surface area (Å²) in [6.45, 7) is 2.15. The molecular formula is C7H10N2S2. The maximum absolute atomic E-state index is 4.09. The summed E-state index contributed by atoms with van der Waals surface area (Å²) in [4.78, 5) is 8.18. The van der Waals surface area contributed by atoms with Gasteiger partial charge in [0.1, 0.15) is 0 Å². The lowest BCUT2D eigenvalue weighted by Crippen LogP contribution is -1.83. The Morgan fingerprint density at radius 1 is 1.36 bits per heavy atom. The van der Waals surface area contributed by atoms with Gasteiger partial charge in [0, 0.05) is 17.5 Å². The first-order valence-electron chi connectivity index (χ1n) is 3.41. The molecule has 0 radical (unpaired) electrons. The highest BCUT2D eigenvalue weighted by Gasteiger charge is 1.92.